The van der Waals surface area contributed by atoms with Crippen molar-refractivity contribution in [1.29, 1.82) is 0 Å². The van der Waals surface area contributed by atoms with Gasteiger partial charge in [0, 0.05) is 0 Å². The Labute approximate surface area is 167 Å². The van der Waals surface area contributed by atoms with E-state index in [2.05, 4.69) is 21.3 Å². The Balaban J connectivity index is 2.09. The Bertz CT molecular complexity index is 524. The molecule has 2 aliphatic rings. The van der Waals surface area contributed by atoms with E-state index in [1.54, 1.807) is 0 Å². The third-order valence-corrected chi connectivity index (χ3v) is 6.26. The molecule has 0 aromatic rings. The summed E-state index contributed by atoms with van der Waals surface area (Å²) in [5.41, 5.74) is -1.66. The average molecular weight is 430 g/mol. The van der Waals surface area contributed by atoms with E-state index < -0.39 is 22.2 Å². The summed E-state index contributed by atoms with van der Waals surface area (Å²) in [6.07, 6.45) is 3.03. The first-order chi connectivity index (χ1) is 11.6. The van der Waals surface area contributed by atoms with E-state index in [1.165, 1.54) is 10.1 Å². The third-order valence-electron chi connectivity index (χ3n) is 5.79. The van der Waals surface area contributed by atoms with E-state index in [1.807, 2.05) is 55.4 Å². The van der Waals surface area contributed by atoms with Gasteiger partial charge in [-0.2, -0.15) is 0 Å². The van der Waals surface area contributed by atoms with Crippen molar-refractivity contribution < 1.29 is 10.4 Å². The Morgan fingerprint density at radius 3 is 1.54 bits per heavy atom. The molecule has 0 aromatic carbocycles. The van der Waals surface area contributed by atoms with Crippen LogP contribution in [0.3, 0.4) is 0 Å². The molecule has 0 unspecified atom stereocenters. The van der Waals surface area contributed by atoms with Gasteiger partial charge in [0.1, 0.15) is 0 Å². The van der Waals surface area contributed by atoms with Gasteiger partial charge < -0.3 is 0 Å². The molecule has 7 heteroatoms. The summed E-state index contributed by atoms with van der Waals surface area (Å²) in [5, 5.41) is 31.0. The van der Waals surface area contributed by atoms with E-state index >= 15 is 0 Å². The van der Waals surface area contributed by atoms with Gasteiger partial charge in [-0.25, -0.2) is 0 Å². The summed E-state index contributed by atoms with van der Waals surface area (Å²) in [7, 11) is 0. The molecule has 2 aliphatic heterocycles. The Hall–Kier alpha value is -0.171. The summed E-state index contributed by atoms with van der Waals surface area (Å²) < 4.78 is 0.789. The van der Waals surface area contributed by atoms with Gasteiger partial charge in [-0.15, -0.1) is 0 Å². The van der Waals surface area contributed by atoms with E-state index in [0.717, 1.165) is 30.4 Å². The third kappa shape index (κ3) is 4.62. The second kappa shape index (κ2) is 7.02. The van der Waals surface area contributed by atoms with Gasteiger partial charge in [-0.05, 0) is 0 Å². The van der Waals surface area contributed by atoms with E-state index in [-0.39, 0.29) is 12.1 Å². The molecule has 2 heterocycles. The van der Waals surface area contributed by atoms with Gasteiger partial charge in [0.2, 0.25) is 0 Å². The predicted molar refractivity (Wildman–Crippen MR) is 104 cm³/mol. The molecule has 0 spiro atoms. The number of hydrogen-bond acceptors (Lipinski definition) is 3. The number of hydrogen-bond donors (Lipinski definition) is 1. The van der Waals surface area contributed by atoms with Crippen molar-refractivity contribution >= 4 is 20.7 Å². The molecule has 149 valence electrons. The fraction of sp³-hybridized carbons (Fsp3) is 0.947. The SMILES string of the molecule is CC1(C)CC(N=C([Se])NC2CC(C)(C)N([O])C(C)(C)C2)CC(C)(C)N1[O]. The second-order valence-corrected chi connectivity index (χ2v) is 11.4. The van der Waals surface area contributed by atoms with Crippen molar-refractivity contribution in [1.82, 2.24) is 15.4 Å². The molecule has 1 N–H and O–H groups in total. The predicted octanol–water partition coefficient (Wildman–Crippen LogP) is 2.83. The number of rotatable bonds is 2. The second-order valence-electron chi connectivity index (χ2n) is 10.6. The zero-order chi connectivity index (χ0) is 20.1. The number of aliphatic imine (C=N–C) groups is 1. The van der Waals surface area contributed by atoms with Crippen LogP contribution in [0, 0.1) is 0 Å². The normalized spacial score (nSPS) is 30.3. The van der Waals surface area contributed by atoms with Gasteiger partial charge >= 0.3 is 167 Å². The van der Waals surface area contributed by atoms with Crippen LogP contribution in [0.2, 0.25) is 0 Å². The maximum atomic E-state index is 12.5. The fourth-order valence-electron chi connectivity index (χ4n) is 5.04. The monoisotopic (exact) mass is 431 g/mol. The number of hydroxylamine groups is 4. The summed E-state index contributed by atoms with van der Waals surface area (Å²) >= 11 is 3.06. The molecule has 6 nitrogen and oxygen atoms in total. The zero-order valence-corrected chi connectivity index (χ0v) is 19.3. The molecule has 0 atom stereocenters. The molecule has 2 fully saturated rings. The van der Waals surface area contributed by atoms with E-state index in [0.29, 0.717) is 0 Å². The molecule has 26 heavy (non-hydrogen) atoms. The van der Waals surface area contributed by atoms with Crippen LogP contribution < -0.4 is 5.32 Å². The van der Waals surface area contributed by atoms with Gasteiger partial charge in [0.25, 0.3) is 0 Å². The number of piperidine rings is 2. The van der Waals surface area contributed by atoms with Crippen molar-refractivity contribution in [2.75, 3.05) is 0 Å². The molecule has 0 bridgehead atoms. The van der Waals surface area contributed by atoms with Crippen molar-refractivity contribution in [2.24, 2.45) is 4.99 Å². The fourth-order valence-corrected chi connectivity index (χ4v) is 5.71. The number of nitrogens with zero attached hydrogens (tertiary/aromatic N) is 3. The maximum absolute atomic E-state index is 12.5. The van der Waals surface area contributed by atoms with Gasteiger partial charge in [0.05, 0.1) is 0 Å². The van der Waals surface area contributed by atoms with Crippen molar-refractivity contribution in [3.8, 4) is 0 Å². The molecule has 0 saturated carbocycles. The molecular weight excluding hydrogens is 395 g/mol. The van der Waals surface area contributed by atoms with Crippen LogP contribution in [-0.2, 0) is 10.4 Å². The number of amidine groups is 1. The van der Waals surface area contributed by atoms with Crippen LogP contribution in [0.1, 0.15) is 81.1 Å². The van der Waals surface area contributed by atoms with Crippen LogP contribution in [0.4, 0.5) is 0 Å². The standard InChI is InChI=1S/C19H35N4O2Se/c1-16(2)9-13(10-17(3,4)22(16)24)20-15(26)21-14-11-18(5,6)23(25)19(7,8)12-14/h13-14H,9-12H2,1-8H3,(H,20,21). The Morgan fingerprint density at radius 1 is 0.808 bits per heavy atom. The minimum absolute atomic E-state index is 0.106. The summed E-state index contributed by atoms with van der Waals surface area (Å²) in [5.74, 6) is 0. The van der Waals surface area contributed by atoms with E-state index in [9.17, 15) is 10.4 Å². The Kier molecular flexibility index (Phi) is 5.97. The molecule has 2 rings (SSSR count). The average Bonchev–Trinajstić information content (AvgIpc) is 2.40. The first kappa shape index (κ1) is 22.1. The van der Waals surface area contributed by atoms with E-state index in [4.69, 9.17) is 4.99 Å². The van der Waals surface area contributed by atoms with Crippen molar-refractivity contribution in [3.63, 3.8) is 0 Å². The molecule has 3 radical (unpaired) electrons. The number of nitrogens with one attached hydrogen (secondary N) is 1. The summed E-state index contributed by atoms with van der Waals surface area (Å²) in [4.78, 5) is 4.86. The topological polar surface area (TPSA) is 70.7 Å². The Morgan fingerprint density at radius 2 is 1.15 bits per heavy atom. The molecule has 0 amide bonds. The van der Waals surface area contributed by atoms with Gasteiger partial charge in [0.15, 0.2) is 0 Å². The van der Waals surface area contributed by atoms with Gasteiger partial charge in [-0.3, -0.25) is 0 Å². The van der Waals surface area contributed by atoms with Crippen LogP contribution in [-0.4, -0.2) is 65.1 Å². The van der Waals surface area contributed by atoms with Crippen LogP contribution in [0.15, 0.2) is 4.99 Å². The quantitative estimate of drug-likeness (QED) is 0.416. The van der Waals surface area contributed by atoms with Crippen LogP contribution in [0.25, 0.3) is 0 Å². The molecule has 0 aliphatic carbocycles. The summed E-state index contributed by atoms with van der Waals surface area (Å²) in [6.45, 7) is 16.0. The molecule has 0 aromatic heterocycles. The zero-order valence-electron chi connectivity index (χ0n) is 17.5. The van der Waals surface area contributed by atoms with Gasteiger partial charge in [-0.1, -0.05) is 0 Å². The van der Waals surface area contributed by atoms with Crippen LogP contribution in [0.5, 0.6) is 0 Å². The van der Waals surface area contributed by atoms with Crippen molar-refractivity contribution in [3.05, 3.63) is 0 Å². The van der Waals surface area contributed by atoms with Crippen molar-refractivity contribution in [2.45, 2.75) is 115 Å². The minimum atomic E-state index is -0.423. The first-order valence-corrected chi connectivity index (χ1v) is 10.4. The summed E-state index contributed by atoms with van der Waals surface area (Å²) in [6, 6.07) is 0.306. The first-order valence-electron chi connectivity index (χ1n) is 9.53. The molecule has 2 saturated heterocycles. The molecular formula is C19H35N4O2Se. The van der Waals surface area contributed by atoms with Crippen LogP contribution >= 0.6 is 0 Å².